The number of amides is 3. The van der Waals surface area contributed by atoms with Gasteiger partial charge in [-0.15, -0.1) is 0 Å². The number of rotatable bonds is 3. The van der Waals surface area contributed by atoms with E-state index in [-0.39, 0.29) is 24.3 Å². The zero-order valence-electron chi connectivity index (χ0n) is 12.8. The van der Waals surface area contributed by atoms with Crippen LogP contribution in [-0.4, -0.2) is 29.8 Å². The van der Waals surface area contributed by atoms with E-state index < -0.39 is 11.5 Å². The minimum Gasteiger partial charge on any atom is -0.464 e. The number of furan rings is 1. The second-order valence-electron chi connectivity index (χ2n) is 6.20. The molecular weight excluding hydrogens is 298 g/mol. The summed E-state index contributed by atoms with van der Waals surface area (Å²) in [7, 11) is 0. The Morgan fingerprint density at radius 2 is 2.30 bits per heavy atom. The number of nitrogens with one attached hydrogen (secondary N) is 2. The Labute approximate surface area is 132 Å². The van der Waals surface area contributed by atoms with Gasteiger partial charge in [-0.3, -0.25) is 19.7 Å². The van der Waals surface area contributed by atoms with Crippen LogP contribution in [0.25, 0.3) is 12.2 Å². The van der Waals surface area contributed by atoms with E-state index in [1.807, 2.05) is 19.1 Å². The Morgan fingerprint density at radius 3 is 3.00 bits per heavy atom. The van der Waals surface area contributed by atoms with Crippen LogP contribution in [0, 0.1) is 0 Å². The Bertz CT molecular complexity index is 795. The average molecular weight is 317 g/mol. The molecule has 1 fully saturated rings. The third-order valence-corrected chi connectivity index (χ3v) is 4.29. The molecule has 2 atom stereocenters. The summed E-state index contributed by atoms with van der Waals surface area (Å²) in [5.41, 5.74) is 6.21. The first-order chi connectivity index (χ1) is 10.9. The molecule has 0 radical (unpaired) electrons. The number of fused-ring (bicyclic) bond motifs is 1. The van der Waals surface area contributed by atoms with E-state index >= 15 is 0 Å². The van der Waals surface area contributed by atoms with Gasteiger partial charge >= 0.3 is 0 Å². The minimum absolute atomic E-state index is 0.0817. The highest BCUT2D eigenvalue weighted by Crippen LogP contribution is 2.23. The van der Waals surface area contributed by atoms with Crippen molar-refractivity contribution in [3.05, 3.63) is 22.5 Å². The first kappa shape index (κ1) is 15.5. The van der Waals surface area contributed by atoms with Crippen molar-refractivity contribution in [3.8, 4) is 0 Å². The molecule has 4 N–H and O–H groups in total. The van der Waals surface area contributed by atoms with Crippen LogP contribution in [0.5, 0.6) is 0 Å². The predicted octanol–water partition coefficient (Wildman–Crippen LogP) is -1.40. The van der Waals surface area contributed by atoms with Gasteiger partial charge in [-0.1, -0.05) is 0 Å². The van der Waals surface area contributed by atoms with Gasteiger partial charge in [-0.2, -0.15) is 0 Å². The maximum atomic E-state index is 12.1. The van der Waals surface area contributed by atoms with Crippen molar-refractivity contribution in [2.75, 3.05) is 6.54 Å². The zero-order chi connectivity index (χ0) is 16.6. The van der Waals surface area contributed by atoms with E-state index in [2.05, 4.69) is 10.6 Å². The highest BCUT2D eigenvalue weighted by molar-refractivity contribution is 6.01. The first-order valence-corrected chi connectivity index (χ1v) is 7.57. The minimum atomic E-state index is -0.580. The maximum Gasteiger partial charge on any atom is 0.234 e. The molecule has 3 amide bonds. The van der Waals surface area contributed by atoms with Crippen LogP contribution in [0.4, 0.5) is 0 Å². The lowest BCUT2D eigenvalue weighted by molar-refractivity contribution is -0.134. The van der Waals surface area contributed by atoms with Crippen molar-refractivity contribution in [2.45, 2.75) is 37.6 Å². The van der Waals surface area contributed by atoms with Crippen molar-refractivity contribution in [1.29, 1.82) is 0 Å². The van der Waals surface area contributed by atoms with E-state index in [9.17, 15) is 14.4 Å². The van der Waals surface area contributed by atoms with Crippen LogP contribution < -0.4 is 27.0 Å². The van der Waals surface area contributed by atoms with E-state index in [0.29, 0.717) is 24.7 Å². The number of nitrogens with two attached hydrogens (primary N) is 1. The van der Waals surface area contributed by atoms with Gasteiger partial charge in [0.1, 0.15) is 5.42 Å². The smallest absolute Gasteiger partial charge is 0.234 e. The summed E-state index contributed by atoms with van der Waals surface area (Å²) in [4.78, 5) is 35.0. The number of piperidine rings is 1. The van der Waals surface area contributed by atoms with Crippen LogP contribution in [0.1, 0.15) is 37.7 Å². The molecule has 7 heteroatoms. The third kappa shape index (κ3) is 2.92. The second-order valence-corrected chi connectivity index (χ2v) is 6.20. The largest absolute Gasteiger partial charge is 0.464 e. The Hall–Kier alpha value is -2.41. The molecule has 2 heterocycles. The lowest BCUT2D eigenvalue weighted by Crippen LogP contribution is -2.50. The van der Waals surface area contributed by atoms with Crippen LogP contribution in [-0.2, 0) is 14.4 Å². The van der Waals surface area contributed by atoms with E-state index in [1.165, 1.54) is 0 Å². The molecule has 122 valence electrons. The van der Waals surface area contributed by atoms with Gasteiger partial charge in [0.2, 0.25) is 17.7 Å². The number of carbonyl (C=O) groups excluding carboxylic acids is 3. The number of imide groups is 1. The Balaban J connectivity index is 1.98. The molecule has 1 aliphatic carbocycles. The lowest BCUT2D eigenvalue weighted by Gasteiger charge is -2.28. The summed E-state index contributed by atoms with van der Waals surface area (Å²) in [6.45, 7) is 1.81. The Morgan fingerprint density at radius 1 is 1.52 bits per heavy atom. The topological polar surface area (TPSA) is 114 Å². The predicted molar refractivity (Wildman–Crippen MR) is 82.2 cm³/mol. The van der Waals surface area contributed by atoms with Crippen LogP contribution >= 0.6 is 0 Å². The fourth-order valence-corrected chi connectivity index (χ4v) is 3.11. The van der Waals surface area contributed by atoms with Crippen LogP contribution in [0.15, 0.2) is 10.7 Å². The maximum absolute atomic E-state index is 12.1. The lowest BCUT2D eigenvalue weighted by atomic mass is 9.87. The molecule has 1 aliphatic heterocycles. The highest BCUT2D eigenvalue weighted by Gasteiger charge is 2.32. The van der Waals surface area contributed by atoms with Crippen molar-refractivity contribution in [1.82, 2.24) is 10.6 Å². The molecule has 23 heavy (non-hydrogen) atoms. The molecule has 1 saturated heterocycles. The van der Waals surface area contributed by atoms with Crippen LogP contribution in [0.2, 0.25) is 0 Å². The first-order valence-electron chi connectivity index (χ1n) is 7.57. The molecular formula is C16H19N3O4. The quantitative estimate of drug-likeness (QED) is 0.593. The fourth-order valence-electron chi connectivity index (χ4n) is 3.11. The summed E-state index contributed by atoms with van der Waals surface area (Å²) < 4.78 is 5.55. The molecule has 2 aliphatic rings. The van der Waals surface area contributed by atoms with Gasteiger partial charge in [0, 0.05) is 17.2 Å². The zero-order valence-corrected chi connectivity index (χ0v) is 12.8. The van der Waals surface area contributed by atoms with Crippen molar-refractivity contribution in [2.24, 2.45) is 5.73 Å². The van der Waals surface area contributed by atoms with Crippen molar-refractivity contribution in [3.63, 3.8) is 0 Å². The van der Waals surface area contributed by atoms with Gasteiger partial charge in [0.15, 0.2) is 0 Å². The number of carbonyl (C=O) groups is 3. The summed E-state index contributed by atoms with van der Waals surface area (Å²) in [6.07, 6.45) is 6.69. The third-order valence-electron chi connectivity index (χ3n) is 4.29. The van der Waals surface area contributed by atoms with Gasteiger partial charge in [-0.05, 0) is 31.9 Å². The molecule has 7 nitrogen and oxygen atoms in total. The molecule has 0 saturated carbocycles. The summed E-state index contributed by atoms with van der Waals surface area (Å²) in [5.74, 6) is -1.22. The summed E-state index contributed by atoms with van der Waals surface area (Å²) in [5, 5.41) is 6.03. The summed E-state index contributed by atoms with van der Waals surface area (Å²) >= 11 is 0. The number of hydrogen-bond donors (Lipinski definition) is 3. The van der Waals surface area contributed by atoms with Crippen LogP contribution in [0.3, 0.4) is 0 Å². The standard InChI is InChI=1S/C16H19N3O4/c1-16(19-14(21)7-17)5-4-12-10(6-16)11(8-23-12)9-2-3-13(20)18-15(9)22/h4,6,8-9H,2-3,5,7,17H2,1H3,(H,19,21)(H,18,20,22). The monoisotopic (exact) mass is 317 g/mol. The second kappa shape index (κ2) is 5.66. The van der Waals surface area contributed by atoms with E-state index in [4.69, 9.17) is 10.2 Å². The molecule has 0 bridgehead atoms. The average Bonchev–Trinajstić information content (AvgIpc) is 2.89. The normalized spacial score (nSPS) is 26.6. The highest BCUT2D eigenvalue weighted by atomic mass is 16.3. The number of hydrogen-bond acceptors (Lipinski definition) is 5. The van der Waals surface area contributed by atoms with Gasteiger partial charge in [-0.25, -0.2) is 0 Å². The molecule has 1 aromatic rings. The molecule has 0 spiro atoms. The van der Waals surface area contributed by atoms with Gasteiger partial charge < -0.3 is 15.5 Å². The van der Waals surface area contributed by atoms with Gasteiger partial charge in [0.05, 0.1) is 24.3 Å². The molecule has 1 aromatic heterocycles. The molecule has 2 unspecified atom stereocenters. The molecule has 3 rings (SSSR count). The van der Waals surface area contributed by atoms with Crippen molar-refractivity contribution < 1.29 is 18.8 Å². The SMILES string of the molecule is CC1(NC(=O)CN)C=c2c(C3CCC(=O)NC3=O)coc2=CC1. The summed E-state index contributed by atoms with van der Waals surface area (Å²) in [6, 6.07) is 0. The Kier molecular flexibility index (Phi) is 3.81. The fraction of sp³-hybridized carbons (Fsp3) is 0.438. The van der Waals surface area contributed by atoms with E-state index in [1.54, 1.807) is 6.26 Å². The van der Waals surface area contributed by atoms with E-state index in [0.717, 1.165) is 10.8 Å². The van der Waals surface area contributed by atoms with Crippen molar-refractivity contribution >= 4 is 29.9 Å². The molecule has 0 aromatic carbocycles. The van der Waals surface area contributed by atoms with Gasteiger partial charge in [0.25, 0.3) is 0 Å².